The van der Waals surface area contributed by atoms with Crippen molar-refractivity contribution in [2.75, 3.05) is 76.3 Å². The zero-order chi connectivity index (χ0) is 83.6. The van der Waals surface area contributed by atoms with Crippen LogP contribution in [0.15, 0.2) is 146 Å². The summed E-state index contributed by atoms with van der Waals surface area (Å²) in [6.45, 7) is 30.1. The number of carbonyl (C=O) groups is 5. The maximum atomic E-state index is 15.1. The van der Waals surface area contributed by atoms with Crippen molar-refractivity contribution in [3.63, 3.8) is 0 Å². The normalized spacial score (nSPS) is 16.2. The van der Waals surface area contributed by atoms with E-state index in [1.807, 2.05) is 98.8 Å². The number of carboxylic acids is 1. The molecule has 8 heterocycles. The maximum Gasteiger partial charge on any atom is 0.410 e. The Morgan fingerprint density at radius 1 is 0.563 bits per heavy atom. The number of nitrogens with two attached hydrogens (primary N) is 1. The van der Waals surface area contributed by atoms with Gasteiger partial charge in [0, 0.05) is 193 Å². The third kappa shape index (κ3) is 23.1. The average Bonchev–Trinajstić information content (AvgIpc) is 1.64. The van der Waals surface area contributed by atoms with E-state index in [4.69, 9.17) is 35.0 Å². The molecule has 4 amide bonds. The van der Waals surface area contributed by atoms with E-state index in [0.717, 1.165) is 162 Å². The van der Waals surface area contributed by atoms with Gasteiger partial charge in [0.15, 0.2) is 11.3 Å². The quantitative estimate of drug-likeness (QED) is 0.0264. The summed E-state index contributed by atoms with van der Waals surface area (Å²) in [6.07, 6.45) is 8.85. The summed E-state index contributed by atoms with van der Waals surface area (Å²) in [4.78, 5) is 79.5. The van der Waals surface area contributed by atoms with Gasteiger partial charge in [-0.15, -0.1) is 0 Å². The number of carboxylic acid groups (broad SMARTS) is 1. The Bertz CT molecular complexity index is 5170. The van der Waals surface area contributed by atoms with Crippen LogP contribution in [0.25, 0.3) is 44.3 Å². The van der Waals surface area contributed by atoms with Gasteiger partial charge in [0.25, 0.3) is 17.7 Å². The van der Waals surface area contributed by atoms with E-state index < -0.39 is 17.5 Å². The molecule has 0 bridgehead atoms. The predicted octanol–water partition coefficient (Wildman–Crippen LogP) is 14.3. The molecule has 9 N–H and O–H groups in total. The van der Waals surface area contributed by atoms with Gasteiger partial charge in [-0.25, -0.2) is 37.7 Å². The molecular formula is C92H116F2N16O9. The van der Waals surface area contributed by atoms with E-state index in [1.54, 1.807) is 59.5 Å². The number of amides is 4. The fraction of sp³-hybridized carbons (Fsp3) is 0.424. The van der Waals surface area contributed by atoms with E-state index >= 15 is 4.39 Å². The summed E-state index contributed by atoms with van der Waals surface area (Å²) in [5.41, 5.74) is 20.4. The zero-order valence-corrected chi connectivity index (χ0v) is 69.2. The Morgan fingerprint density at radius 2 is 1.02 bits per heavy atom. The number of hydrogen-bond donors (Lipinski definition) is 8. The molecule has 0 spiro atoms. The van der Waals surface area contributed by atoms with E-state index in [9.17, 15) is 28.4 Å². The van der Waals surface area contributed by atoms with Gasteiger partial charge in [-0.1, -0.05) is 81.9 Å². The van der Waals surface area contributed by atoms with E-state index in [0.29, 0.717) is 98.8 Å². The van der Waals surface area contributed by atoms with Crippen LogP contribution in [0.5, 0.6) is 0 Å². The van der Waals surface area contributed by atoms with Crippen LogP contribution in [-0.4, -0.2) is 175 Å². The van der Waals surface area contributed by atoms with Gasteiger partial charge >= 0.3 is 12.1 Å². The van der Waals surface area contributed by atoms with E-state index in [-0.39, 0.29) is 79.8 Å². The van der Waals surface area contributed by atoms with Gasteiger partial charge < -0.3 is 61.9 Å². The Balaban J connectivity index is 0.000000190. The molecule has 2 atom stereocenters. The summed E-state index contributed by atoms with van der Waals surface area (Å²) in [5, 5.41) is 40.0. The van der Waals surface area contributed by atoms with Crippen molar-refractivity contribution < 1.29 is 52.1 Å². The molecule has 10 aromatic rings. The van der Waals surface area contributed by atoms with Gasteiger partial charge in [-0.3, -0.25) is 24.2 Å². The highest BCUT2D eigenvalue weighted by molar-refractivity contribution is 6.00. The molecular weight excluding hydrogens is 1510 g/mol. The molecule has 0 unspecified atom stereocenters. The number of nitrogens with zero attached hydrogens (tertiary/aromatic N) is 9. The SMILES string of the molecule is C.CCc1nc2c(cnn2CC)c(NC2CCOCC2)c1CN.CCc1nc2c(cnn2CC)c(NC2CCOCC2)c1CNC(=O)c1cccc(C(=O)NCc2ccc(F)c(-c3cccc(CN4CCN[C@@H](C)C4)c3)c2)c1.C[C@H]1CN(Cc2cccc(-c3cc(CNC(=O)c4cccc(C(=O)O)c4)ccc3F)c2)CCN1C(=O)OC(C)(C)C. The second-order valence-electron chi connectivity index (χ2n) is 31.6. The molecule has 4 fully saturated rings. The molecule has 0 aliphatic carbocycles. The number of anilines is 2. The lowest BCUT2D eigenvalue weighted by molar-refractivity contribution is 0.000505. The first-order valence-electron chi connectivity index (χ1n) is 41.3. The molecule has 4 aromatic heterocycles. The van der Waals surface area contributed by atoms with Crippen LogP contribution in [-0.2, 0) is 79.4 Å². The van der Waals surface area contributed by atoms with Crippen LogP contribution in [0, 0.1) is 11.6 Å². The van der Waals surface area contributed by atoms with Crippen molar-refractivity contribution in [3.8, 4) is 22.3 Å². The van der Waals surface area contributed by atoms with Crippen molar-refractivity contribution in [1.29, 1.82) is 0 Å². The Kier molecular flexibility index (Phi) is 31.0. The van der Waals surface area contributed by atoms with E-state index in [2.05, 4.69) is 85.7 Å². The first kappa shape index (κ1) is 88.7. The molecule has 4 aliphatic rings. The highest BCUT2D eigenvalue weighted by Crippen LogP contribution is 2.35. The summed E-state index contributed by atoms with van der Waals surface area (Å²) in [6, 6.07) is 38.9. The van der Waals surface area contributed by atoms with Crippen molar-refractivity contribution in [2.45, 2.75) is 190 Å². The number of rotatable bonds is 25. The smallest absolute Gasteiger partial charge is 0.410 e. The van der Waals surface area contributed by atoms with Crippen LogP contribution in [0.4, 0.5) is 25.0 Å². The van der Waals surface area contributed by atoms with Gasteiger partial charge in [-0.2, -0.15) is 10.2 Å². The number of ether oxygens (including phenoxy) is 3. The topological polar surface area (TPSA) is 303 Å². The number of benzene rings is 6. The zero-order valence-electron chi connectivity index (χ0n) is 69.2. The summed E-state index contributed by atoms with van der Waals surface area (Å²) in [5.74, 6) is -2.83. The fourth-order valence-electron chi connectivity index (χ4n) is 15.6. The summed E-state index contributed by atoms with van der Waals surface area (Å²) < 4.78 is 50.5. The van der Waals surface area contributed by atoms with Crippen LogP contribution in [0.1, 0.15) is 182 Å². The number of piperazine rings is 2. The standard InChI is InChI=1S/C43H51FN8O3.C32H36FN3O5.C16H25N5O.CH4/c1-4-39-36(40(49-34-14-18-55-19-15-34)37-25-48-52(5-2)41(37)50-39)24-47-43(54)33-11-7-10-32(22-33)42(53)46-23-29-12-13-38(44)35(21-29)31-9-6-8-30(20-31)27-51-17-16-45-28(3)26-51;1-21-19-35(13-14-36(21)31(40)41-32(2,3)4)20-23-7-5-8-24(15-23)27-16-22(11-12-28(27)33)18-34-29(37)25-9-6-10-26(17-25)30(38)39;1-3-14-12(9-17)15(19-11-5-7-22-8-6-11)13-10-18-21(4-2)16(13)20-14;/h6-13,20-22,25,28,34,45H,4-5,14-19,23-24,26-27H2,1-3H3,(H,46,53)(H,47,54)(H,49,50);5-12,15-17,21H,13-14,18-20H2,1-4H3,(H,34,37)(H,38,39);10-11H,3-9,17H2,1-2H3,(H,19,20);1H4/t28-;21-;;/m00../s1. The number of aryl methyl sites for hydroxylation is 4. The molecule has 4 saturated heterocycles. The number of hydrogen-bond acceptors (Lipinski definition) is 18. The third-order valence-corrected chi connectivity index (χ3v) is 21.8. The minimum atomic E-state index is -1.11. The molecule has 25 nitrogen and oxygen atoms in total. The summed E-state index contributed by atoms with van der Waals surface area (Å²) in [7, 11) is 0. The first-order chi connectivity index (χ1) is 57.0. The van der Waals surface area contributed by atoms with Crippen molar-refractivity contribution in [2.24, 2.45) is 5.73 Å². The van der Waals surface area contributed by atoms with Crippen molar-refractivity contribution >= 4 is 63.2 Å². The number of carbonyl (C=O) groups excluding carboxylic acids is 4. The van der Waals surface area contributed by atoms with Gasteiger partial charge in [0.1, 0.15) is 17.2 Å². The molecule has 0 radical (unpaired) electrons. The minimum Gasteiger partial charge on any atom is -0.478 e. The highest BCUT2D eigenvalue weighted by atomic mass is 19.1. The second-order valence-corrected chi connectivity index (χ2v) is 31.6. The summed E-state index contributed by atoms with van der Waals surface area (Å²) >= 11 is 0. The van der Waals surface area contributed by atoms with Crippen molar-refractivity contribution in [3.05, 3.63) is 225 Å². The lowest BCUT2D eigenvalue weighted by Crippen LogP contribution is -2.54. The van der Waals surface area contributed by atoms with Crippen LogP contribution >= 0.6 is 0 Å². The molecule has 27 heteroatoms. The van der Waals surface area contributed by atoms with Crippen molar-refractivity contribution in [1.82, 2.24) is 65.5 Å². The Morgan fingerprint density at radius 3 is 1.47 bits per heavy atom. The lowest BCUT2D eigenvalue weighted by Gasteiger charge is -2.40. The predicted molar refractivity (Wildman–Crippen MR) is 462 cm³/mol. The van der Waals surface area contributed by atoms with Crippen LogP contribution < -0.4 is 37.6 Å². The molecule has 4 aliphatic heterocycles. The maximum absolute atomic E-state index is 15.1. The number of pyridine rings is 2. The van der Waals surface area contributed by atoms with Crippen LogP contribution in [0.2, 0.25) is 0 Å². The molecule has 6 aromatic carbocycles. The molecule has 632 valence electrons. The van der Waals surface area contributed by atoms with E-state index in [1.165, 1.54) is 30.3 Å². The minimum absolute atomic E-state index is 0. The van der Waals surface area contributed by atoms with Gasteiger partial charge in [0.05, 0.1) is 40.1 Å². The Hall–Kier alpha value is -11.1. The highest BCUT2D eigenvalue weighted by Gasteiger charge is 2.32. The third-order valence-electron chi connectivity index (χ3n) is 21.8. The molecule has 0 saturated carbocycles. The number of aromatic carboxylic acids is 1. The average molecular weight is 1630 g/mol. The monoisotopic (exact) mass is 1630 g/mol. The van der Waals surface area contributed by atoms with Crippen LogP contribution in [0.3, 0.4) is 0 Å². The second kappa shape index (κ2) is 41.6. The molecule has 119 heavy (non-hydrogen) atoms. The van der Waals surface area contributed by atoms with Gasteiger partial charge in [0.2, 0.25) is 0 Å². The number of nitrogens with one attached hydrogen (secondary N) is 6. The van der Waals surface area contributed by atoms with Gasteiger partial charge in [-0.05, 0) is 193 Å². The number of fused-ring (bicyclic) bond motifs is 2. The first-order valence-corrected chi connectivity index (χ1v) is 41.3. The number of aromatic nitrogens is 6. The number of halogens is 2. The molecule has 14 rings (SSSR count). The Labute approximate surface area is 696 Å². The lowest BCUT2D eigenvalue weighted by atomic mass is 10.00. The largest absolute Gasteiger partial charge is 0.478 e. The fourth-order valence-corrected chi connectivity index (χ4v) is 15.6.